The van der Waals surface area contributed by atoms with Gasteiger partial charge in [-0.05, 0) is 29.3 Å². The molecule has 1 aromatic carbocycles. The maximum Gasteiger partial charge on any atom is 0.491 e. The summed E-state index contributed by atoms with van der Waals surface area (Å²) in [6.45, 7) is 0. The number of fused-ring (bicyclic) bond motifs is 1. The second-order valence-electron chi connectivity index (χ2n) is 6.43. The monoisotopic (exact) mass is 447 g/mol. The molecule has 3 aromatic heterocycles. The van der Waals surface area contributed by atoms with Crippen molar-refractivity contribution in [3.05, 3.63) is 58.4 Å². The molecule has 31 heavy (non-hydrogen) atoms. The van der Waals surface area contributed by atoms with Gasteiger partial charge in [0.25, 0.3) is 5.91 Å². The van der Waals surface area contributed by atoms with E-state index in [9.17, 15) is 22.8 Å². The number of rotatable bonds is 5. The molecule has 0 radical (unpaired) electrons. The Labute approximate surface area is 175 Å². The van der Waals surface area contributed by atoms with Gasteiger partial charge in [-0.25, -0.2) is 9.78 Å². The largest absolute Gasteiger partial charge is 0.491 e. The van der Waals surface area contributed by atoms with Crippen LogP contribution in [0.5, 0.6) is 5.75 Å². The Morgan fingerprint density at radius 3 is 2.65 bits per heavy atom. The van der Waals surface area contributed by atoms with Crippen LogP contribution in [0, 0.1) is 0 Å². The van der Waals surface area contributed by atoms with E-state index in [2.05, 4.69) is 24.9 Å². The third-order valence-corrected chi connectivity index (χ3v) is 5.13. The van der Waals surface area contributed by atoms with Gasteiger partial charge in [0.05, 0.1) is 22.9 Å². The minimum Gasteiger partial charge on any atom is -0.418 e. The molecule has 4 aromatic rings. The zero-order valence-corrected chi connectivity index (χ0v) is 16.3. The minimum absolute atomic E-state index is 0.169. The highest BCUT2D eigenvalue weighted by Gasteiger charge is 2.41. The number of H-pyrrole nitrogens is 1. The van der Waals surface area contributed by atoms with E-state index < -0.39 is 18.1 Å². The normalized spacial score (nSPS) is 11.6. The maximum atomic E-state index is 12.5. The van der Waals surface area contributed by atoms with E-state index in [1.807, 2.05) is 0 Å². The van der Waals surface area contributed by atoms with E-state index in [0.717, 1.165) is 17.1 Å². The van der Waals surface area contributed by atoms with Gasteiger partial charge < -0.3 is 10.5 Å². The van der Waals surface area contributed by atoms with Crippen molar-refractivity contribution in [2.45, 2.75) is 12.6 Å². The average molecular weight is 447 g/mol. The summed E-state index contributed by atoms with van der Waals surface area (Å²) in [6, 6.07) is 4.83. The van der Waals surface area contributed by atoms with Crippen LogP contribution in [0.2, 0.25) is 0 Å². The molecule has 0 aliphatic heterocycles. The molecule has 0 fully saturated rings. The summed E-state index contributed by atoms with van der Waals surface area (Å²) >= 11 is 1.28. The third-order valence-electron chi connectivity index (χ3n) is 4.28. The number of nitrogens with one attached hydrogen (secondary N) is 1. The van der Waals surface area contributed by atoms with Crippen molar-refractivity contribution in [2.75, 3.05) is 0 Å². The second kappa shape index (κ2) is 7.80. The Morgan fingerprint density at radius 2 is 1.94 bits per heavy atom. The molecule has 0 unspecified atom stereocenters. The predicted octanol–water partition coefficient (Wildman–Crippen LogP) is 3.24. The van der Waals surface area contributed by atoms with E-state index in [-0.39, 0.29) is 11.4 Å². The van der Waals surface area contributed by atoms with E-state index in [0.29, 0.717) is 28.1 Å². The van der Waals surface area contributed by atoms with Crippen LogP contribution in [0.1, 0.15) is 21.1 Å². The highest BCUT2D eigenvalue weighted by molar-refractivity contribution is 7.09. The first-order chi connectivity index (χ1) is 14.7. The van der Waals surface area contributed by atoms with Crippen LogP contribution in [0.3, 0.4) is 0 Å². The number of thiazole rings is 1. The molecule has 12 heteroatoms. The smallest absolute Gasteiger partial charge is 0.418 e. The lowest BCUT2D eigenvalue weighted by molar-refractivity contribution is -0.189. The average Bonchev–Trinajstić information content (AvgIpc) is 3.37. The lowest BCUT2D eigenvalue weighted by Crippen LogP contribution is -2.28. The zero-order valence-electron chi connectivity index (χ0n) is 15.4. The molecule has 8 nitrogen and oxygen atoms in total. The van der Waals surface area contributed by atoms with Crippen molar-refractivity contribution in [1.82, 2.24) is 20.2 Å². The molecule has 0 aliphatic rings. The number of nitrogens with two attached hydrogens (primary N) is 1. The molecule has 158 valence electrons. The van der Waals surface area contributed by atoms with Crippen molar-refractivity contribution in [3.8, 4) is 16.9 Å². The molecule has 3 heterocycles. The number of alkyl halides is 3. The topological polar surface area (TPSA) is 124 Å². The number of amides is 1. The van der Waals surface area contributed by atoms with Crippen molar-refractivity contribution < 1.29 is 27.5 Å². The molecule has 0 saturated heterocycles. The Morgan fingerprint density at radius 1 is 1.13 bits per heavy atom. The van der Waals surface area contributed by atoms with E-state index in [1.54, 1.807) is 23.7 Å². The van der Waals surface area contributed by atoms with Gasteiger partial charge in [0.15, 0.2) is 0 Å². The fraction of sp³-hybridized carbons (Fsp3) is 0.105. The summed E-state index contributed by atoms with van der Waals surface area (Å²) in [4.78, 5) is 30.5. The number of carbonyl (C=O) groups is 2. The summed E-state index contributed by atoms with van der Waals surface area (Å²) in [7, 11) is 0. The first-order valence-corrected chi connectivity index (χ1v) is 9.53. The van der Waals surface area contributed by atoms with Gasteiger partial charge >= 0.3 is 12.1 Å². The number of aromatic amines is 1. The standard InChI is InChI=1S/C19H12F3N5O3S/c20-19(21,22)18(29)30-12-2-11(5-24-6-12)9-1-10(13-7-25-27-14(13)3-9)4-16-26-15(8-31-16)17(23)28/h1-3,5-8H,4H2,(H2,23,28)(H,25,27). The SMILES string of the molecule is NC(=O)c1csc(Cc2cc(-c3cncc(OC(=O)C(F)(F)F)c3)cc3[nH]ncc23)n1. The fourth-order valence-corrected chi connectivity index (χ4v) is 3.71. The van der Waals surface area contributed by atoms with Crippen LogP contribution in [0.15, 0.2) is 42.2 Å². The molecule has 0 bridgehead atoms. The van der Waals surface area contributed by atoms with Gasteiger partial charge in [0.2, 0.25) is 0 Å². The molecule has 3 N–H and O–H groups in total. The summed E-state index contributed by atoms with van der Waals surface area (Å²) in [5.41, 5.74) is 7.94. The quantitative estimate of drug-likeness (QED) is 0.453. The summed E-state index contributed by atoms with van der Waals surface area (Å²) in [5.74, 6) is -3.29. The molecule has 1 amide bonds. The highest BCUT2D eigenvalue weighted by atomic mass is 32.1. The van der Waals surface area contributed by atoms with Gasteiger partial charge in [-0.2, -0.15) is 18.3 Å². The van der Waals surface area contributed by atoms with Crippen molar-refractivity contribution in [1.29, 1.82) is 0 Å². The second-order valence-corrected chi connectivity index (χ2v) is 7.37. The molecule has 0 atom stereocenters. The summed E-state index contributed by atoms with van der Waals surface area (Å²) < 4.78 is 41.8. The van der Waals surface area contributed by atoms with Crippen molar-refractivity contribution >= 4 is 34.1 Å². The number of hydrogen-bond donors (Lipinski definition) is 2. The Hall–Kier alpha value is -3.80. The number of esters is 1. The van der Waals surface area contributed by atoms with Crippen molar-refractivity contribution in [2.24, 2.45) is 5.73 Å². The van der Waals surface area contributed by atoms with Crippen LogP contribution in [-0.2, 0) is 11.2 Å². The number of halogens is 3. The molecular weight excluding hydrogens is 435 g/mol. The van der Waals surface area contributed by atoms with Crippen LogP contribution >= 0.6 is 11.3 Å². The molecule has 0 spiro atoms. The van der Waals surface area contributed by atoms with Crippen LogP contribution in [0.25, 0.3) is 22.0 Å². The first-order valence-electron chi connectivity index (χ1n) is 8.65. The minimum atomic E-state index is -5.12. The molecule has 4 rings (SSSR count). The molecule has 0 saturated carbocycles. The number of pyridine rings is 1. The van der Waals surface area contributed by atoms with Crippen molar-refractivity contribution in [3.63, 3.8) is 0 Å². The Kier molecular flexibility index (Phi) is 5.15. The first kappa shape index (κ1) is 20.5. The number of ether oxygens (including phenoxy) is 1. The van der Waals surface area contributed by atoms with Crippen LogP contribution in [0.4, 0.5) is 13.2 Å². The van der Waals surface area contributed by atoms with Gasteiger partial charge in [0, 0.05) is 28.9 Å². The van der Waals surface area contributed by atoms with Gasteiger partial charge in [0.1, 0.15) is 11.4 Å². The molecule has 0 aliphatic carbocycles. The Balaban J connectivity index is 1.69. The number of nitrogens with zero attached hydrogens (tertiary/aromatic N) is 3. The number of carbonyl (C=O) groups excluding carboxylic acids is 2. The number of benzene rings is 1. The van der Waals surface area contributed by atoms with Gasteiger partial charge in [-0.3, -0.25) is 14.9 Å². The third kappa shape index (κ3) is 4.38. The lowest BCUT2D eigenvalue weighted by Gasteiger charge is -2.09. The zero-order chi connectivity index (χ0) is 22.2. The summed E-state index contributed by atoms with van der Waals surface area (Å²) in [5, 5.41) is 9.91. The number of primary amides is 1. The van der Waals surface area contributed by atoms with E-state index in [1.165, 1.54) is 23.6 Å². The lowest BCUT2D eigenvalue weighted by atomic mass is 9.99. The summed E-state index contributed by atoms with van der Waals surface area (Å²) in [6.07, 6.45) is -0.658. The number of hydrogen-bond acceptors (Lipinski definition) is 7. The number of aromatic nitrogens is 4. The molecular formula is C19H12F3N5O3S. The van der Waals surface area contributed by atoms with Gasteiger partial charge in [-0.1, -0.05) is 0 Å². The Bertz CT molecular complexity index is 1300. The fourth-order valence-electron chi connectivity index (χ4n) is 2.90. The van der Waals surface area contributed by atoms with Crippen LogP contribution in [-0.4, -0.2) is 38.2 Å². The van der Waals surface area contributed by atoms with E-state index in [4.69, 9.17) is 5.73 Å². The van der Waals surface area contributed by atoms with Crippen LogP contribution < -0.4 is 10.5 Å². The maximum absolute atomic E-state index is 12.5. The predicted molar refractivity (Wildman–Crippen MR) is 104 cm³/mol. The van der Waals surface area contributed by atoms with Gasteiger partial charge in [-0.15, -0.1) is 11.3 Å². The van der Waals surface area contributed by atoms with E-state index >= 15 is 0 Å². The highest BCUT2D eigenvalue weighted by Crippen LogP contribution is 2.30.